The summed E-state index contributed by atoms with van der Waals surface area (Å²) in [7, 11) is 3.73. The Morgan fingerprint density at radius 2 is 1.91 bits per heavy atom. The van der Waals surface area contributed by atoms with E-state index >= 15 is 0 Å². The molecule has 0 saturated heterocycles. The summed E-state index contributed by atoms with van der Waals surface area (Å²) in [5.74, 6) is 0.734. The number of hydrogen-bond acceptors (Lipinski definition) is 3. The molecule has 0 heterocycles. The Hall–Kier alpha value is -0.700. The number of nitrogens with one attached hydrogen (secondary N) is 1. The van der Waals surface area contributed by atoms with Gasteiger partial charge in [-0.25, -0.2) is 0 Å². The number of hydroxylamine groups is 1. The van der Waals surface area contributed by atoms with Crippen molar-refractivity contribution in [3.63, 3.8) is 0 Å². The van der Waals surface area contributed by atoms with Crippen LogP contribution in [0.4, 0.5) is 0 Å². The summed E-state index contributed by atoms with van der Waals surface area (Å²) in [6.45, 7) is 6.01. The van der Waals surface area contributed by atoms with E-state index in [0.29, 0.717) is 0 Å². The lowest BCUT2D eigenvalue weighted by Crippen LogP contribution is -2.22. The van der Waals surface area contributed by atoms with Gasteiger partial charge in [0.15, 0.2) is 0 Å². The fraction of sp³-hybridized carbons (Fsp3) is 0.750. The Labute approximate surface area is 69.7 Å². The molecule has 3 nitrogen and oxygen atoms in total. The second-order valence-electron chi connectivity index (χ2n) is 2.00. The number of rotatable bonds is 3. The van der Waals surface area contributed by atoms with Gasteiger partial charge in [-0.2, -0.15) is 0 Å². The zero-order valence-electron chi connectivity index (χ0n) is 8.18. The first kappa shape index (κ1) is 12.9. The molecule has 0 aromatic heterocycles. The van der Waals surface area contributed by atoms with E-state index in [9.17, 15) is 0 Å². The third kappa shape index (κ3) is 7.19. The minimum Gasteiger partial charge on any atom is -0.363 e. The second-order valence-corrected chi connectivity index (χ2v) is 2.00. The predicted molar refractivity (Wildman–Crippen MR) is 48.3 cm³/mol. The van der Waals surface area contributed by atoms with Crippen LogP contribution in [0.25, 0.3) is 0 Å². The fourth-order valence-electron chi connectivity index (χ4n) is 0.522. The predicted octanol–water partition coefficient (Wildman–Crippen LogP) is 1.80. The van der Waals surface area contributed by atoms with Crippen LogP contribution in [0.5, 0.6) is 0 Å². The molecule has 0 saturated carbocycles. The molecular weight excluding hydrogens is 140 g/mol. The van der Waals surface area contributed by atoms with E-state index in [1.807, 2.05) is 45.8 Å². The molecule has 11 heavy (non-hydrogen) atoms. The van der Waals surface area contributed by atoms with Crippen LogP contribution in [0.15, 0.2) is 11.9 Å². The van der Waals surface area contributed by atoms with E-state index in [2.05, 4.69) is 5.48 Å². The minimum atomic E-state index is 0.734. The van der Waals surface area contributed by atoms with Crippen LogP contribution >= 0.6 is 0 Å². The summed E-state index contributed by atoms with van der Waals surface area (Å²) in [5, 5.41) is 8.47. The topological polar surface area (TPSA) is 35.5 Å². The third-order valence-corrected chi connectivity index (χ3v) is 0.994. The van der Waals surface area contributed by atoms with Gasteiger partial charge in [0.25, 0.3) is 0 Å². The molecule has 0 bridgehead atoms. The first-order valence-corrected chi connectivity index (χ1v) is 4.00. The largest absolute Gasteiger partial charge is 0.363 e. The van der Waals surface area contributed by atoms with E-state index in [4.69, 9.17) is 5.21 Å². The van der Waals surface area contributed by atoms with Crippen LogP contribution in [0.3, 0.4) is 0 Å². The number of nitrogens with zero attached hydrogens (tertiary/aromatic N) is 1. The molecule has 0 amide bonds. The maximum absolute atomic E-state index is 8.47. The van der Waals surface area contributed by atoms with Crippen LogP contribution in [0.1, 0.15) is 27.2 Å². The van der Waals surface area contributed by atoms with Gasteiger partial charge in [0.05, 0.1) is 0 Å². The number of allylic oxidation sites excluding steroid dienone is 1. The Bertz CT molecular complexity index is 100. The summed E-state index contributed by atoms with van der Waals surface area (Å²) in [6, 6.07) is 0. The van der Waals surface area contributed by atoms with E-state index < -0.39 is 0 Å². The highest BCUT2D eigenvalue weighted by molar-refractivity contribution is 4.93. The highest BCUT2D eigenvalue weighted by Gasteiger charge is 1.92. The van der Waals surface area contributed by atoms with Crippen LogP contribution in [-0.4, -0.2) is 24.2 Å². The summed E-state index contributed by atoms with van der Waals surface area (Å²) in [5.41, 5.74) is 2.09. The lowest BCUT2D eigenvalue weighted by atomic mass is 10.4. The van der Waals surface area contributed by atoms with Crippen molar-refractivity contribution < 1.29 is 5.21 Å². The van der Waals surface area contributed by atoms with E-state index in [1.54, 1.807) is 0 Å². The molecule has 2 N–H and O–H groups in total. The van der Waals surface area contributed by atoms with Gasteiger partial charge in [-0.3, -0.25) is 10.7 Å². The summed E-state index contributed by atoms with van der Waals surface area (Å²) in [6.07, 6.45) is 2.82. The second kappa shape index (κ2) is 9.30. The molecular formula is C8H20N2O. The third-order valence-electron chi connectivity index (χ3n) is 0.994. The molecule has 0 unspecified atom stereocenters. The molecule has 0 aromatic carbocycles. The molecule has 0 spiro atoms. The van der Waals surface area contributed by atoms with Crippen molar-refractivity contribution >= 4 is 0 Å². The quantitative estimate of drug-likeness (QED) is 0.618. The van der Waals surface area contributed by atoms with E-state index in [1.165, 1.54) is 0 Å². The average molecular weight is 160 g/mol. The van der Waals surface area contributed by atoms with Crippen LogP contribution < -0.4 is 5.48 Å². The van der Waals surface area contributed by atoms with E-state index in [0.717, 1.165) is 12.2 Å². The Balaban J connectivity index is 0. The normalized spacial score (nSPS) is 9.82. The maximum atomic E-state index is 8.47. The van der Waals surface area contributed by atoms with Gasteiger partial charge in [0.1, 0.15) is 5.82 Å². The molecule has 0 radical (unpaired) electrons. The lowest BCUT2D eigenvalue weighted by molar-refractivity contribution is 0.167. The van der Waals surface area contributed by atoms with Crippen molar-refractivity contribution in [2.45, 2.75) is 27.2 Å². The van der Waals surface area contributed by atoms with Gasteiger partial charge in [-0.15, -0.1) is 0 Å². The van der Waals surface area contributed by atoms with Crippen molar-refractivity contribution in [1.29, 1.82) is 0 Å². The molecule has 0 atom stereocenters. The van der Waals surface area contributed by atoms with Crippen LogP contribution in [0, 0.1) is 0 Å². The minimum absolute atomic E-state index is 0.734. The fourth-order valence-corrected chi connectivity index (χ4v) is 0.522. The lowest BCUT2D eigenvalue weighted by Gasteiger charge is -2.14. The molecule has 0 aliphatic heterocycles. The highest BCUT2D eigenvalue weighted by Crippen LogP contribution is 1.92. The Morgan fingerprint density at radius 1 is 1.45 bits per heavy atom. The van der Waals surface area contributed by atoms with Crippen LogP contribution in [-0.2, 0) is 0 Å². The molecule has 0 fully saturated rings. The van der Waals surface area contributed by atoms with Gasteiger partial charge >= 0.3 is 0 Å². The average Bonchev–Trinajstić information content (AvgIpc) is 2.03. The first-order valence-electron chi connectivity index (χ1n) is 4.00. The Morgan fingerprint density at radius 3 is 2.00 bits per heavy atom. The van der Waals surface area contributed by atoms with Crippen LogP contribution in [0.2, 0.25) is 0 Å². The highest BCUT2D eigenvalue weighted by atomic mass is 16.5. The van der Waals surface area contributed by atoms with Crippen molar-refractivity contribution in [1.82, 2.24) is 10.4 Å². The molecule has 0 aliphatic rings. The van der Waals surface area contributed by atoms with Crippen molar-refractivity contribution in [3.05, 3.63) is 11.9 Å². The molecule has 0 rings (SSSR count). The molecule has 0 aromatic rings. The van der Waals surface area contributed by atoms with Gasteiger partial charge in [-0.05, 0) is 12.5 Å². The maximum Gasteiger partial charge on any atom is 0.121 e. The van der Waals surface area contributed by atoms with Crippen molar-refractivity contribution in [3.8, 4) is 0 Å². The summed E-state index contributed by atoms with van der Waals surface area (Å²) < 4.78 is 0. The zero-order valence-corrected chi connectivity index (χ0v) is 8.18. The SMILES string of the molecule is CC.CC/C=C(\NO)N(C)C. The number of hydrogen-bond donors (Lipinski definition) is 2. The first-order chi connectivity index (χ1) is 5.22. The summed E-state index contributed by atoms with van der Waals surface area (Å²) >= 11 is 0. The Kier molecular flexibility index (Phi) is 10.9. The molecule has 3 heteroatoms. The molecule has 68 valence electrons. The van der Waals surface area contributed by atoms with Crippen molar-refractivity contribution in [2.24, 2.45) is 0 Å². The van der Waals surface area contributed by atoms with Gasteiger partial charge in [0.2, 0.25) is 0 Å². The standard InChI is InChI=1S/C6H14N2O.C2H6/c1-4-5-6(7-9)8(2)3;1-2/h5,7,9H,4H2,1-3H3;1-2H3/b6-5+;. The smallest absolute Gasteiger partial charge is 0.121 e. The zero-order chi connectivity index (χ0) is 9.28. The monoisotopic (exact) mass is 160 g/mol. The van der Waals surface area contributed by atoms with Gasteiger partial charge < -0.3 is 4.90 Å². The van der Waals surface area contributed by atoms with Gasteiger partial charge in [0, 0.05) is 14.1 Å². The van der Waals surface area contributed by atoms with E-state index in [-0.39, 0.29) is 0 Å². The molecule has 0 aliphatic carbocycles. The van der Waals surface area contributed by atoms with Crippen molar-refractivity contribution in [2.75, 3.05) is 14.1 Å². The summed E-state index contributed by atoms with van der Waals surface area (Å²) in [4.78, 5) is 1.81. The van der Waals surface area contributed by atoms with Gasteiger partial charge in [-0.1, -0.05) is 20.8 Å².